The van der Waals surface area contributed by atoms with Crippen LogP contribution in [-0.2, 0) is 5.75 Å². The molecule has 2 aromatic rings. The second-order valence-electron chi connectivity index (χ2n) is 5.08. The molecule has 1 fully saturated rings. The predicted molar refractivity (Wildman–Crippen MR) is 80.9 cm³/mol. The van der Waals surface area contributed by atoms with Crippen LogP contribution in [0.1, 0.15) is 22.3 Å². The number of aromatic nitrogens is 3. The number of H-pyrrole nitrogens is 1. The summed E-state index contributed by atoms with van der Waals surface area (Å²) in [6.07, 6.45) is 2.38. The summed E-state index contributed by atoms with van der Waals surface area (Å²) in [7, 11) is 0. The number of nitrogens with zero attached hydrogens (tertiary/aromatic N) is 3. The third-order valence-corrected chi connectivity index (χ3v) is 4.43. The molecular weight excluding hydrogens is 286 g/mol. The first kappa shape index (κ1) is 14.1. The molecule has 0 unspecified atom stereocenters. The summed E-state index contributed by atoms with van der Waals surface area (Å²) in [6, 6.07) is 7.83. The molecule has 0 aliphatic carbocycles. The van der Waals surface area contributed by atoms with Gasteiger partial charge >= 0.3 is 0 Å². The van der Waals surface area contributed by atoms with E-state index < -0.39 is 0 Å². The number of carbonyl (C=O) groups excluding carboxylic acids is 1. The van der Waals surface area contributed by atoms with Crippen molar-refractivity contribution >= 4 is 17.7 Å². The maximum atomic E-state index is 12.3. The Balaban J connectivity index is 1.59. The van der Waals surface area contributed by atoms with E-state index in [1.54, 1.807) is 11.8 Å². The van der Waals surface area contributed by atoms with Gasteiger partial charge in [-0.15, -0.1) is 0 Å². The van der Waals surface area contributed by atoms with Gasteiger partial charge in [0.1, 0.15) is 6.33 Å². The zero-order chi connectivity index (χ0) is 14.7. The summed E-state index contributed by atoms with van der Waals surface area (Å²) in [5, 5.41) is 7.40. The number of rotatable bonds is 4. The highest BCUT2D eigenvalue weighted by Crippen LogP contribution is 2.19. The van der Waals surface area contributed by atoms with Crippen LogP contribution in [-0.4, -0.2) is 45.1 Å². The Hall–Kier alpha value is -1.86. The lowest BCUT2D eigenvalue weighted by Crippen LogP contribution is -2.31. The van der Waals surface area contributed by atoms with Crippen molar-refractivity contribution in [2.45, 2.75) is 23.4 Å². The van der Waals surface area contributed by atoms with Crippen molar-refractivity contribution in [3.05, 3.63) is 41.7 Å². The molecule has 1 amide bonds. The Labute approximate surface area is 127 Å². The molecule has 7 heteroatoms. The smallest absolute Gasteiger partial charge is 0.253 e. The molecule has 1 aromatic heterocycles. The lowest BCUT2D eigenvalue weighted by molar-refractivity contribution is 0.0791. The molecule has 2 heterocycles. The number of amides is 1. The van der Waals surface area contributed by atoms with Gasteiger partial charge in [0.05, 0.1) is 0 Å². The Morgan fingerprint density at radius 2 is 2.24 bits per heavy atom. The van der Waals surface area contributed by atoms with Crippen molar-refractivity contribution in [2.24, 2.45) is 5.73 Å². The van der Waals surface area contributed by atoms with E-state index in [4.69, 9.17) is 5.73 Å². The molecule has 1 aliphatic rings. The molecule has 21 heavy (non-hydrogen) atoms. The van der Waals surface area contributed by atoms with Crippen LogP contribution in [0.5, 0.6) is 0 Å². The molecule has 0 saturated carbocycles. The van der Waals surface area contributed by atoms with Crippen LogP contribution >= 0.6 is 11.8 Å². The highest BCUT2D eigenvalue weighted by molar-refractivity contribution is 7.98. The quantitative estimate of drug-likeness (QED) is 0.831. The first-order valence-electron chi connectivity index (χ1n) is 6.84. The van der Waals surface area contributed by atoms with Gasteiger partial charge in [-0.3, -0.25) is 9.89 Å². The highest BCUT2D eigenvalue weighted by Gasteiger charge is 2.24. The van der Waals surface area contributed by atoms with Gasteiger partial charge in [-0.25, -0.2) is 4.98 Å². The maximum absolute atomic E-state index is 12.3. The molecular formula is C14H17N5OS. The molecule has 110 valence electrons. The lowest BCUT2D eigenvalue weighted by Gasteiger charge is -2.15. The normalized spacial score (nSPS) is 18.1. The SMILES string of the molecule is N[C@@H]1CCN(C(=O)c2ccc(CSc3ncn[nH]3)cc2)C1. The summed E-state index contributed by atoms with van der Waals surface area (Å²) in [4.78, 5) is 18.2. The number of aromatic amines is 1. The number of nitrogens with two attached hydrogens (primary N) is 1. The van der Waals surface area contributed by atoms with E-state index in [0.29, 0.717) is 6.54 Å². The van der Waals surface area contributed by atoms with Gasteiger partial charge < -0.3 is 10.6 Å². The number of thioether (sulfide) groups is 1. The molecule has 1 atom stereocenters. The van der Waals surface area contributed by atoms with Crippen LogP contribution in [0.3, 0.4) is 0 Å². The molecule has 6 nitrogen and oxygen atoms in total. The number of hydrogen-bond donors (Lipinski definition) is 2. The molecule has 0 spiro atoms. The fourth-order valence-corrected chi connectivity index (χ4v) is 3.05. The van der Waals surface area contributed by atoms with Crippen molar-refractivity contribution < 1.29 is 4.79 Å². The molecule has 3 rings (SSSR count). The van der Waals surface area contributed by atoms with Gasteiger partial charge in [0.2, 0.25) is 0 Å². The Morgan fingerprint density at radius 1 is 1.43 bits per heavy atom. The summed E-state index contributed by atoms with van der Waals surface area (Å²) in [6.45, 7) is 1.41. The van der Waals surface area contributed by atoms with Crippen molar-refractivity contribution in [3.8, 4) is 0 Å². The van der Waals surface area contributed by atoms with Crippen LogP contribution in [0.2, 0.25) is 0 Å². The van der Waals surface area contributed by atoms with E-state index in [1.165, 1.54) is 6.33 Å². The van der Waals surface area contributed by atoms with E-state index in [-0.39, 0.29) is 11.9 Å². The van der Waals surface area contributed by atoms with E-state index in [0.717, 1.165) is 35.0 Å². The van der Waals surface area contributed by atoms with Gasteiger partial charge in [-0.05, 0) is 24.1 Å². The predicted octanol–water partition coefficient (Wildman–Crippen LogP) is 1.27. The van der Waals surface area contributed by atoms with Crippen molar-refractivity contribution in [2.75, 3.05) is 13.1 Å². The van der Waals surface area contributed by atoms with E-state index >= 15 is 0 Å². The van der Waals surface area contributed by atoms with Crippen LogP contribution in [0.25, 0.3) is 0 Å². The van der Waals surface area contributed by atoms with E-state index in [9.17, 15) is 4.79 Å². The molecule has 1 aliphatic heterocycles. The minimum Gasteiger partial charge on any atom is -0.337 e. The van der Waals surface area contributed by atoms with Gasteiger partial charge in [0.15, 0.2) is 5.16 Å². The zero-order valence-corrected chi connectivity index (χ0v) is 12.3. The summed E-state index contributed by atoms with van der Waals surface area (Å²) in [5.41, 5.74) is 7.70. The first-order valence-corrected chi connectivity index (χ1v) is 7.83. The largest absolute Gasteiger partial charge is 0.337 e. The average Bonchev–Trinajstić information content (AvgIpc) is 3.16. The van der Waals surface area contributed by atoms with Gasteiger partial charge in [0, 0.05) is 30.4 Å². The van der Waals surface area contributed by atoms with Gasteiger partial charge in [-0.2, -0.15) is 5.10 Å². The summed E-state index contributed by atoms with van der Waals surface area (Å²) < 4.78 is 0. The van der Waals surface area contributed by atoms with E-state index in [1.807, 2.05) is 29.2 Å². The third-order valence-electron chi connectivity index (χ3n) is 3.48. The molecule has 1 aromatic carbocycles. The van der Waals surface area contributed by atoms with Crippen LogP contribution in [0.15, 0.2) is 35.7 Å². The monoisotopic (exact) mass is 303 g/mol. The Kier molecular flexibility index (Phi) is 4.21. The molecule has 0 bridgehead atoms. The fourth-order valence-electron chi connectivity index (χ4n) is 2.31. The maximum Gasteiger partial charge on any atom is 0.253 e. The van der Waals surface area contributed by atoms with Gasteiger partial charge in [-0.1, -0.05) is 23.9 Å². The second kappa shape index (κ2) is 6.28. The minimum absolute atomic E-state index is 0.0670. The Morgan fingerprint density at radius 3 is 2.86 bits per heavy atom. The highest BCUT2D eigenvalue weighted by atomic mass is 32.2. The van der Waals surface area contributed by atoms with Crippen LogP contribution in [0.4, 0.5) is 0 Å². The standard InChI is InChI=1S/C14H17N5OS/c15-12-5-6-19(7-12)13(20)11-3-1-10(2-4-11)8-21-14-16-9-17-18-14/h1-4,9,12H,5-8,15H2,(H,16,17,18)/t12-/m1/s1. The number of likely N-dealkylation sites (tertiary alicyclic amines) is 1. The second-order valence-corrected chi connectivity index (χ2v) is 6.04. The van der Waals surface area contributed by atoms with Crippen LogP contribution in [0, 0.1) is 0 Å². The van der Waals surface area contributed by atoms with Crippen LogP contribution < -0.4 is 5.73 Å². The average molecular weight is 303 g/mol. The minimum atomic E-state index is 0.0670. The number of benzene rings is 1. The lowest BCUT2D eigenvalue weighted by atomic mass is 10.1. The first-order chi connectivity index (χ1) is 10.2. The fraction of sp³-hybridized carbons (Fsp3) is 0.357. The number of nitrogens with one attached hydrogen (secondary N) is 1. The molecule has 0 radical (unpaired) electrons. The third kappa shape index (κ3) is 3.43. The summed E-state index contributed by atoms with van der Waals surface area (Å²) >= 11 is 1.58. The van der Waals surface area contributed by atoms with E-state index in [2.05, 4.69) is 15.2 Å². The van der Waals surface area contributed by atoms with Crippen molar-refractivity contribution in [3.63, 3.8) is 0 Å². The van der Waals surface area contributed by atoms with Crippen molar-refractivity contribution in [1.29, 1.82) is 0 Å². The molecule has 1 saturated heterocycles. The number of carbonyl (C=O) groups is 1. The van der Waals surface area contributed by atoms with Gasteiger partial charge in [0.25, 0.3) is 5.91 Å². The number of hydrogen-bond acceptors (Lipinski definition) is 5. The Bertz CT molecular complexity index is 598. The molecule has 3 N–H and O–H groups in total. The summed E-state index contributed by atoms with van der Waals surface area (Å²) in [5.74, 6) is 0.857. The topological polar surface area (TPSA) is 87.9 Å². The zero-order valence-electron chi connectivity index (χ0n) is 11.5. The van der Waals surface area contributed by atoms with Crippen molar-refractivity contribution in [1.82, 2.24) is 20.1 Å².